The lowest BCUT2D eigenvalue weighted by atomic mass is 9.99. The molecule has 1 fully saturated rings. The number of carboxylic acid groups (broad SMARTS) is 1. The molecule has 7 heteroatoms. The van der Waals surface area contributed by atoms with Crippen LogP contribution in [-0.4, -0.2) is 51.6 Å². The lowest BCUT2D eigenvalue weighted by molar-refractivity contribution is -0.143. The van der Waals surface area contributed by atoms with Gasteiger partial charge in [0.25, 0.3) is 0 Å². The summed E-state index contributed by atoms with van der Waals surface area (Å²) in [6, 6.07) is -0.171. The average molecular weight is 280 g/mol. The molecule has 7 nitrogen and oxygen atoms in total. The number of aromatic nitrogens is 2. The first-order chi connectivity index (χ1) is 9.66. The number of hydrogen-bond acceptors (Lipinski definition) is 3. The fourth-order valence-corrected chi connectivity index (χ4v) is 2.36. The molecule has 1 aromatic heterocycles. The molecule has 110 valence electrons. The number of nitrogens with one attached hydrogen (secondary N) is 2. The molecule has 0 bridgehead atoms. The number of carbonyl (C=O) groups is 2. The predicted molar refractivity (Wildman–Crippen MR) is 72.2 cm³/mol. The molecular formula is C13H20N4O3. The number of aromatic amines is 1. The van der Waals surface area contributed by atoms with E-state index in [9.17, 15) is 9.59 Å². The highest BCUT2D eigenvalue weighted by Gasteiger charge is 2.27. The quantitative estimate of drug-likeness (QED) is 0.696. The summed E-state index contributed by atoms with van der Waals surface area (Å²) in [5.41, 5.74) is 0. The fraction of sp³-hybridized carbons (Fsp3) is 0.615. The Morgan fingerprint density at radius 1 is 1.55 bits per heavy atom. The van der Waals surface area contributed by atoms with Crippen LogP contribution < -0.4 is 5.32 Å². The number of piperidine rings is 1. The van der Waals surface area contributed by atoms with Crippen molar-refractivity contribution in [1.29, 1.82) is 0 Å². The van der Waals surface area contributed by atoms with Crippen LogP contribution in [0.2, 0.25) is 0 Å². The Morgan fingerprint density at radius 3 is 3.10 bits per heavy atom. The van der Waals surface area contributed by atoms with Crippen LogP contribution in [0.3, 0.4) is 0 Å². The number of hydrogen-bond donors (Lipinski definition) is 3. The molecule has 0 spiro atoms. The van der Waals surface area contributed by atoms with Crippen molar-refractivity contribution in [3.63, 3.8) is 0 Å². The summed E-state index contributed by atoms with van der Waals surface area (Å²) in [4.78, 5) is 31.6. The Hall–Kier alpha value is -2.05. The van der Waals surface area contributed by atoms with Gasteiger partial charge in [0.15, 0.2) is 0 Å². The van der Waals surface area contributed by atoms with E-state index in [4.69, 9.17) is 5.11 Å². The highest BCUT2D eigenvalue weighted by atomic mass is 16.4. The van der Waals surface area contributed by atoms with Crippen molar-refractivity contribution < 1.29 is 14.7 Å². The number of nitrogens with zero attached hydrogens (tertiary/aromatic N) is 2. The van der Waals surface area contributed by atoms with Crippen molar-refractivity contribution in [2.45, 2.75) is 25.7 Å². The van der Waals surface area contributed by atoms with Gasteiger partial charge in [-0.2, -0.15) is 0 Å². The molecule has 2 amide bonds. The number of amides is 2. The Morgan fingerprint density at radius 2 is 2.40 bits per heavy atom. The molecule has 3 N–H and O–H groups in total. The van der Waals surface area contributed by atoms with Crippen molar-refractivity contribution in [1.82, 2.24) is 20.2 Å². The van der Waals surface area contributed by atoms with Crippen molar-refractivity contribution in [2.75, 3.05) is 19.6 Å². The van der Waals surface area contributed by atoms with Crippen LogP contribution in [0.15, 0.2) is 12.4 Å². The second-order valence-corrected chi connectivity index (χ2v) is 4.99. The SMILES string of the molecule is O=C(O)C1CCCN(C(=O)NCCCc2ncc[nH]2)C1. The molecule has 0 radical (unpaired) electrons. The van der Waals surface area contributed by atoms with Crippen LogP contribution in [-0.2, 0) is 11.2 Å². The number of rotatable bonds is 5. The van der Waals surface area contributed by atoms with Gasteiger partial charge in [-0.15, -0.1) is 0 Å². The Bertz CT molecular complexity index is 446. The third kappa shape index (κ3) is 3.97. The summed E-state index contributed by atoms with van der Waals surface area (Å²) >= 11 is 0. The first-order valence-corrected chi connectivity index (χ1v) is 6.90. The van der Waals surface area contributed by atoms with E-state index in [-0.39, 0.29) is 6.03 Å². The maximum Gasteiger partial charge on any atom is 0.317 e. The first kappa shape index (κ1) is 14.4. The minimum atomic E-state index is -0.819. The van der Waals surface area contributed by atoms with Crippen molar-refractivity contribution >= 4 is 12.0 Å². The second-order valence-electron chi connectivity index (χ2n) is 4.99. The summed E-state index contributed by atoms with van der Waals surface area (Å²) in [6.07, 6.45) is 6.45. The van der Waals surface area contributed by atoms with E-state index in [1.165, 1.54) is 0 Å². The van der Waals surface area contributed by atoms with Gasteiger partial charge >= 0.3 is 12.0 Å². The monoisotopic (exact) mass is 280 g/mol. The van der Waals surface area contributed by atoms with Gasteiger partial charge < -0.3 is 20.3 Å². The van der Waals surface area contributed by atoms with Gasteiger partial charge in [0.05, 0.1) is 5.92 Å². The number of aryl methyl sites for hydroxylation is 1. The molecule has 20 heavy (non-hydrogen) atoms. The standard InChI is InChI=1S/C13H20N4O3/c18-12(19)10-3-2-8-17(9-10)13(20)16-5-1-4-11-14-6-7-15-11/h6-7,10H,1-5,8-9H2,(H,14,15)(H,16,20)(H,18,19). The van der Waals surface area contributed by atoms with Gasteiger partial charge in [-0.25, -0.2) is 9.78 Å². The van der Waals surface area contributed by atoms with Crippen LogP contribution >= 0.6 is 0 Å². The van der Waals surface area contributed by atoms with Gasteiger partial charge in [-0.05, 0) is 19.3 Å². The predicted octanol–water partition coefficient (Wildman–Crippen LogP) is 0.848. The molecule has 1 aliphatic rings. The van der Waals surface area contributed by atoms with Gasteiger partial charge in [0.1, 0.15) is 5.82 Å². The Balaban J connectivity index is 1.67. The third-order valence-corrected chi connectivity index (χ3v) is 3.48. The van der Waals surface area contributed by atoms with E-state index < -0.39 is 11.9 Å². The number of urea groups is 1. The second kappa shape index (κ2) is 6.93. The van der Waals surface area contributed by atoms with E-state index in [0.29, 0.717) is 26.1 Å². The van der Waals surface area contributed by atoms with Crippen LogP contribution in [0.5, 0.6) is 0 Å². The normalized spacial score (nSPS) is 18.8. The summed E-state index contributed by atoms with van der Waals surface area (Å²) in [7, 11) is 0. The third-order valence-electron chi connectivity index (χ3n) is 3.48. The molecule has 0 aromatic carbocycles. The molecule has 1 aliphatic heterocycles. The summed E-state index contributed by atoms with van der Waals surface area (Å²) in [5, 5.41) is 11.8. The lowest BCUT2D eigenvalue weighted by Gasteiger charge is -2.30. The van der Waals surface area contributed by atoms with Crippen molar-refractivity contribution in [3.05, 3.63) is 18.2 Å². The highest BCUT2D eigenvalue weighted by Crippen LogP contribution is 2.16. The number of aliphatic carboxylic acids is 1. The van der Waals surface area contributed by atoms with Gasteiger partial charge in [-0.1, -0.05) is 0 Å². The molecule has 2 rings (SSSR count). The number of likely N-dealkylation sites (tertiary alicyclic amines) is 1. The zero-order chi connectivity index (χ0) is 14.4. The zero-order valence-corrected chi connectivity index (χ0v) is 11.3. The van der Waals surface area contributed by atoms with Crippen LogP contribution in [0.1, 0.15) is 25.1 Å². The molecular weight excluding hydrogens is 260 g/mol. The Kier molecular flexibility index (Phi) is 4.97. The van der Waals surface area contributed by atoms with Crippen LogP contribution in [0, 0.1) is 5.92 Å². The topological polar surface area (TPSA) is 98.3 Å². The molecule has 1 aromatic rings. The van der Waals surface area contributed by atoms with Crippen LogP contribution in [0.25, 0.3) is 0 Å². The van der Waals surface area contributed by atoms with Gasteiger partial charge in [0.2, 0.25) is 0 Å². The summed E-state index contributed by atoms with van der Waals surface area (Å²) in [6.45, 7) is 1.50. The minimum absolute atomic E-state index is 0.171. The summed E-state index contributed by atoms with van der Waals surface area (Å²) in [5.74, 6) is -0.346. The highest BCUT2D eigenvalue weighted by molar-refractivity contribution is 5.76. The zero-order valence-electron chi connectivity index (χ0n) is 11.3. The van der Waals surface area contributed by atoms with Crippen molar-refractivity contribution in [3.8, 4) is 0 Å². The molecule has 2 heterocycles. The smallest absolute Gasteiger partial charge is 0.317 e. The van der Waals surface area contributed by atoms with Crippen LogP contribution in [0.4, 0.5) is 4.79 Å². The minimum Gasteiger partial charge on any atom is -0.481 e. The summed E-state index contributed by atoms with van der Waals surface area (Å²) < 4.78 is 0. The molecule has 1 unspecified atom stereocenters. The lowest BCUT2D eigenvalue weighted by Crippen LogP contribution is -2.47. The van der Waals surface area contributed by atoms with E-state index in [0.717, 1.165) is 25.1 Å². The molecule has 1 atom stereocenters. The van der Waals surface area contributed by atoms with E-state index in [1.54, 1.807) is 17.3 Å². The molecule has 0 saturated carbocycles. The maximum atomic E-state index is 11.9. The maximum absolute atomic E-state index is 11.9. The molecule has 0 aliphatic carbocycles. The number of carbonyl (C=O) groups excluding carboxylic acids is 1. The van der Waals surface area contributed by atoms with E-state index >= 15 is 0 Å². The van der Waals surface area contributed by atoms with E-state index in [1.807, 2.05) is 0 Å². The van der Waals surface area contributed by atoms with Gasteiger partial charge in [0, 0.05) is 38.4 Å². The Labute approximate surface area is 117 Å². The van der Waals surface area contributed by atoms with Gasteiger partial charge in [-0.3, -0.25) is 4.79 Å². The number of imidazole rings is 1. The van der Waals surface area contributed by atoms with E-state index in [2.05, 4.69) is 15.3 Å². The fourth-order valence-electron chi connectivity index (χ4n) is 2.36. The molecule has 1 saturated heterocycles. The number of H-pyrrole nitrogens is 1. The average Bonchev–Trinajstić information content (AvgIpc) is 2.96. The first-order valence-electron chi connectivity index (χ1n) is 6.90. The largest absolute Gasteiger partial charge is 0.481 e. The van der Waals surface area contributed by atoms with Crippen molar-refractivity contribution in [2.24, 2.45) is 5.92 Å². The number of carboxylic acids is 1.